The third kappa shape index (κ3) is 2.75. The Morgan fingerprint density at radius 3 is 2.65 bits per heavy atom. The molecule has 0 atom stereocenters. The number of thioether (sulfide) groups is 1. The highest BCUT2D eigenvalue weighted by molar-refractivity contribution is 8.00. The molecular weight excluding hydrogens is 266 g/mol. The molecule has 0 N–H and O–H groups in total. The Morgan fingerprint density at radius 2 is 2.06 bits per heavy atom. The lowest BCUT2D eigenvalue weighted by Crippen LogP contribution is -1.87. The van der Waals surface area contributed by atoms with Gasteiger partial charge in [0.05, 0.1) is 10.1 Å². The predicted molar refractivity (Wildman–Crippen MR) is 63.0 cm³/mol. The molecule has 0 radical (unpaired) electrons. The van der Waals surface area contributed by atoms with Gasteiger partial charge in [-0.25, -0.2) is 0 Å². The van der Waals surface area contributed by atoms with Crippen molar-refractivity contribution in [1.82, 2.24) is 10.2 Å². The second-order valence-corrected chi connectivity index (χ2v) is 4.44. The van der Waals surface area contributed by atoms with Crippen LogP contribution in [0.1, 0.15) is 0 Å². The molecule has 1 aromatic carbocycles. The highest BCUT2D eigenvalue weighted by atomic mass is 35.5. The van der Waals surface area contributed by atoms with Gasteiger partial charge in [0.2, 0.25) is 5.89 Å². The highest BCUT2D eigenvalue weighted by Gasteiger charge is 2.10. The molecule has 0 unspecified atom stereocenters. The first-order valence-corrected chi connectivity index (χ1v) is 6.00. The minimum absolute atomic E-state index is 0.0172. The highest BCUT2D eigenvalue weighted by Crippen LogP contribution is 2.24. The van der Waals surface area contributed by atoms with Crippen LogP contribution in [0.3, 0.4) is 0 Å². The van der Waals surface area contributed by atoms with Crippen LogP contribution in [0.25, 0.3) is 11.5 Å². The molecule has 2 aromatic rings. The first-order valence-electron chi connectivity index (χ1n) is 4.48. The van der Waals surface area contributed by atoms with Crippen molar-refractivity contribution in [3.05, 3.63) is 34.4 Å². The molecule has 0 aliphatic heterocycles. The number of halogens is 1. The number of nitro benzene ring substituents is 1. The average Bonchev–Trinajstić information content (AvgIpc) is 2.78. The second kappa shape index (κ2) is 5.15. The van der Waals surface area contributed by atoms with Gasteiger partial charge in [-0.05, 0) is 23.9 Å². The number of alkyl halides is 1. The first kappa shape index (κ1) is 11.9. The molecule has 17 heavy (non-hydrogen) atoms. The molecule has 2 rings (SSSR count). The van der Waals surface area contributed by atoms with E-state index in [-0.39, 0.29) is 5.69 Å². The van der Waals surface area contributed by atoms with Gasteiger partial charge in [0, 0.05) is 17.7 Å². The lowest BCUT2D eigenvalue weighted by atomic mass is 10.2. The Hall–Kier alpha value is -1.60. The van der Waals surface area contributed by atoms with Crippen molar-refractivity contribution < 1.29 is 9.34 Å². The van der Waals surface area contributed by atoms with Crippen LogP contribution in [-0.4, -0.2) is 20.3 Å². The van der Waals surface area contributed by atoms with Crippen LogP contribution in [-0.2, 0) is 0 Å². The third-order valence-corrected chi connectivity index (χ3v) is 2.76. The van der Waals surface area contributed by atoms with Gasteiger partial charge >= 0.3 is 0 Å². The van der Waals surface area contributed by atoms with E-state index >= 15 is 0 Å². The van der Waals surface area contributed by atoms with Crippen molar-refractivity contribution in [1.29, 1.82) is 0 Å². The number of aromatic nitrogens is 2. The minimum Gasteiger partial charge on any atom is -0.411 e. The number of rotatable bonds is 4. The summed E-state index contributed by atoms with van der Waals surface area (Å²) >= 11 is 6.72. The van der Waals surface area contributed by atoms with Crippen molar-refractivity contribution in [2.24, 2.45) is 0 Å². The standard InChI is InChI=1S/C9H6ClN3O3S/c10-5-17-9-12-11-8(16-9)6-1-3-7(4-2-6)13(14)15/h1-4H,5H2. The van der Waals surface area contributed by atoms with Crippen LogP contribution in [0.2, 0.25) is 0 Å². The maximum Gasteiger partial charge on any atom is 0.278 e. The van der Waals surface area contributed by atoms with Crippen LogP contribution in [0.4, 0.5) is 5.69 Å². The lowest BCUT2D eigenvalue weighted by Gasteiger charge is -1.94. The molecular formula is C9H6ClN3O3S. The largest absolute Gasteiger partial charge is 0.411 e. The summed E-state index contributed by atoms with van der Waals surface area (Å²) in [6.07, 6.45) is 0. The Kier molecular flexibility index (Phi) is 3.60. The van der Waals surface area contributed by atoms with Crippen LogP contribution < -0.4 is 0 Å². The van der Waals surface area contributed by atoms with E-state index in [0.717, 1.165) is 0 Å². The summed E-state index contributed by atoms with van der Waals surface area (Å²) in [6.45, 7) is 0. The van der Waals surface area contributed by atoms with E-state index in [2.05, 4.69) is 10.2 Å². The van der Waals surface area contributed by atoms with Crippen molar-refractivity contribution in [2.75, 3.05) is 5.21 Å². The molecule has 0 saturated carbocycles. The normalized spacial score (nSPS) is 10.4. The number of hydrogen-bond donors (Lipinski definition) is 0. The average molecular weight is 272 g/mol. The van der Waals surface area contributed by atoms with Crippen LogP contribution in [0, 0.1) is 10.1 Å². The summed E-state index contributed by atoms with van der Waals surface area (Å²) < 4.78 is 5.30. The SMILES string of the molecule is O=[N+]([O-])c1ccc(-c2nnc(SCCl)o2)cc1. The van der Waals surface area contributed by atoms with E-state index in [0.29, 0.717) is 21.9 Å². The maximum atomic E-state index is 10.5. The lowest BCUT2D eigenvalue weighted by molar-refractivity contribution is -0.384. The van der Waals surface area contributed by atoms with E-state index in [4.69, 9.17) is 16.0 Å². The smallest absolute Gasteiger partial charge is 0.278 e. The molecule has 1 aromatic heterocycles. The Morgan fingerprint density at radius 1 is 1.35 bits per heavy atom. The molecule has 0 amide bonds. The fourth-order valence-corrected chi connectivity index (χ4v) is 1.77. The van der Waals surface area contributed by atoms with E-state index < -0.39 is 4.92 Å². The van der Waals surface area contributed by atoms with Gasteiger partial charge in [0.1, 0.15) is 0 Å². The van der Waals surface area contributed by atoms with Gasteiger partial charge < -0.3 is 4.42 Å². The van der Waals surface area contributed by atoms with Gasteiger partial charge in [-0.15, -0.1) is 21.8 Å². The van der Waals surface area contributed by atoms with Gasteiger partial charge in [-0.1, -0.05) is 0 Å². The first-order chi connectivity index (χ1) is 8.20. The minimum atomic E-state index is -0.466. The zero-order valence-corrected chi connectivity index (χ0v) is 9.94. The van der Waals surface area contributed by atoms with E-state index in [1.165, 1.54) is 23.9 Å². The van der Waals surface area contributed by atoms with Gasteiger partial charge in [-0.3, -0.25) is 10.1 Å². The number of nitrogens with zero attached hydrogens (tertiary/aromatic N) is 3. The van der Waals surface area contributed by atoms with Crippen molar-refractivity contribution in [3.8, 4) is 11.5 Å². The number of benzene rings is 1. The second-order valence-electron chi connectivity index (χ2n) is 2.93. The molecule has 8 heteroatoms. The fourth-order valence-electron chi connectivity index (χ4n) is 1.16. The molecule has 0 fully saturated rings. The topological polar surface area (TPSA) is 82.1 Å². The van der Waals surface area contributed by atoms with Gasteiger partial charge in [0.25, 0.3) is 10.9 Å². The van der Waals surface area contributed by atoms with Gasteiger partial charge in [0.15, 0.2) is 0 Å². The number of non-ortho nitro benzene ring substituents is 1. The number of hydrogen-bond acceptors (Lipinski definition) is 6. The van der Waals surface area contributed by atoms with Crippen molar-refractivity contribution >= 4 is 29.1 Å². The summed E-state index contributed by atoms with van der Waals surface area (Å²) in [5.74, 6) is 0.313. The van der Waals surface area contributed by atoms with Crippen LogP contribution in [0.5, 0.6) is 0 Å². The summed E-state index contributed by atoms with van der Waals surface area (Å²) in [4.78, 5) is 10.0. The summed E-state index contributed by atoms with van der Waals surface area (Å²) in [5, 5.41) is 18.7. The molecule has 0 bridgehead atoms. The van der Waals surface area contributed by atoms with Crippen molar-refractivity contribution in [2.45, 2.75) is 5.22 Å². The maximum absolute atomic E-state index is 10.5. The zero-order valence-electron chi connectivity index (χ0n) is 8.37. The number of nitro groups is 1. The molecule has 6 nitrogen and oxygen atoms in total. The summed E-state index contributed by atoms with van der Waals surface area (Å²) in [6, 6.07) is 5.88. The molecule has 0 saturated heterocycles. The van der Waals surface area contributed by atoms with Gasteiger partial charge in [-0.2, -0.15) is 0 Å². The Labute approximate surface area is 105 Å². The van der Waals surface area contributed by atoms with E-state index in [1.807, 2.05) is 0 Å². The molecule has 1 heterocycles. The quantitative estimate of drug-likeness (QED) is 0.368. The molecule has 0 aliphatic carbocycles. The molecule has 88 valence electrons. The van der Waals surface area contributed by atoms with Crippen LogP contribution >= 0.6 is 23.4 Å². The van der Waals surface area contributed by atoms with Crippen molar-refractivity contribution in [3.63, 3.8) is 0 Å². The van der Waals surface area contributed by atoms with E-state index in [1.54, 1.807) is 12.1 Å². The molecule has 0 spiro atoms. The van der Waals surface area contributed by atoms with E-state index in [9.17, 15) is 10.1 Å². The summed E-state index contributed by atoms with van der Waals surface area (Å²) in [5.41, 5.74) is 0.646. The summed E-state index contributed by atoms with van der Waals surface area (Å²) in [7, 11) is 0. The monoisotopic (exact) mass is 271 g/mol. The zero-order chi connectivity index (χ0) is 12.3. The fraction of sp³-hybridized carbons (Fsp3) is 0.111. The van der Waals surface area contributed by atoms with Crippen LogP contribution in [0.15, 0.2) is 33.9 Å². The molecule has 0 aliphatic rings. The Balaban J connectivity index is 2.23. The third-order valence-electron chi connectivity index (χ3n) is 1.91. The Bertz CT molecular complexity index is 529. The predicted octanol–water partition coefficient (Wildman–Crippen LogP) is 2.93.